The predicted molar refractivity (Wildman–Crippen MR) is 63.7 cm³/mol. The van der Waals surface area contributed by atoms with Crippen molar-refractivity contribution in [2.24, 2.45) is 0 Å². The molecule has 3 heteroatoms. The number of para-hydroxylation sites is 1. The van der Waals surface area contributed by atoms with Gasteiger partial charge in [0.2, 0.25) is 0 Å². The molecule has 0 bridgehead atoms. The highest BCUT2D eigenvalue weighted by atomic mass is 16.3. The van der Waals surface area contributed by atoms with Crippen molar-refractivity contribution >= 4 is 11.0 Å². The van der Waals surface area contributed by atoms with Crippen LogP contribution in [0.4, 0.5) is 0 Å². The van der Waals surface area contributed by atoms with Crippen molar-refractivity contribution in [3.8, 4) is 0 Å². The van der Waals surface area contributed by atoms with Crippen molar-refractivity contribution in [2.75, 3.05) is 0 Å². The highest BCUT2D eigenvalue weighted by molar-refractivity contribution is 5.83. The average Bonchev–Trinajstić information content (AvgIpc) is 2.94. The first kappa shape index (κ1) is 10.2. The zero-order valence-electron chi connectivity index (χ0n) is 9.38. The van der Waals surface area contributed by atoms with E-state index in [-0.39, 0.29) is 0 Å². The fraction of sp³-hybridized carbons (Fsp3) is 0.143. The summed E-state index contributed by atoms with van der Waals surface area (Å²) in [5.41, 5.74) is 2.34. The molecule has 1 N–H and O–H groups in total. The molecule has 1 unspecified atom stereocenters. The number of furan rings is 2. The van der Waals surface area contributed by atoms with Crippen molar-refractivity contribution in [3.63, 3.8) is 0 Å². The van der Waals surface area contributed by atoms with Gasteiger partial charge in [0, 0.05) is 16.5 Å². The van der Waals surface area contributed by atoms with E-state index in [1.807, 2.05) is 31.2 Å². The molecule has 2 heterocycles. The molecule has 86 valence electrons. The van der Waals surface area contributed by atoms with Crippen molar-refractivity contribution in [1.82, 2.24) is 0 Å². The van der Waals surface area contributed by atoms with E-state index in [1.54, 1.807) is 18.6 Å². The van der Waals surface area contributed by atoms with Crippen molar-refractivity contribution in [1.29, 1.82) is 0 Å². The molecule has 0 aliphatic heterocycles. The first-order chi connectivity index (χ1) is 8.27. The zero-order valence-corrected chi connectivity index (χ0v) is 9.38. The van der Waals surface area contributed by atoms with Gasteiger partial charge >= 0.3 is 0 Å². The van der Waals surface area contributed by atoms with Crippen LogP contribution in [0.1, 0.15) is 23.0 Å². The molecular formula is C14H12O3. The Bertz CT molecular complexity index is 635. The van der Waals surface area contributed by atoms with E-state index in [0.29, 0.717) is 0 Å². The first-order valence-corrected chi connectivity index (χ1v) is 5.45. The Kier molecular flexibility index (Phi) is 2.27. The van der Waals surface area contributed by atoms with Crippen LogP contribution in [0.2, 0.25) is 0 Å². The fourth-order valence-electron chi connectivity index (χ4n) is 2.12. The van der Waals surface area contributed by atoms with Gasteiger partial charge in [0.1, 0.15) is 17.4 Å². The number of benzene rings is 1. The summed E-state index contributed by atoms with van der Waals surface area (Å²) in [6, 6.07) is 9.45. The smallest absolute Gasteiger partial charge is 0.134 e. The fourth-order valence-corrected chi connectivity index (χ4v) is 2.12. The van der Waals surface area contributed by atoms with E-state index in [0.717, 1.165) is 27.9 Å². The molecule has 1 aromatic carbocycles. The molecule has 0 aliphatic carbocycles. The van der Waals surface area contributed by atoms with Crippen LogP contribution in [-0.4, -0.2) is 5.11 Å². The average molecular weight is 228 g/mol. The Labute approximate surface area is 98.3 Å². The largest absolute Gasteiger partial charge is 0.472 e. The monoisotopic (exact) mass is 228 g/mol. The van der Waals surface area contributed by atoms with Gasteiger partial charge in [0.25, 0.3) is 0 Å². The number of aryl methyl sites for hydroxylation is 1. The van der Waals surface area contributed by atoms with Crippen LogP contribution >= 0.6 is 0 Å². The molecule has 0 radical (unpaired) electrons. The molecule has 0 fully saturated rings. The minimum absolute atomic E-state index is 0.711. The van der Waals surface area contributed by atoms with Crippen LogP contribution in [0.5, 0.6) is 0 Å². The van der Waals surface area contributed by atoms with Gasteiger partial charge in [-0.1, -0.05) is 18.2 Å². The van der Waals surface area contributed by atoms with E-state index >= 15 is 0 Å². The predicted octanol–water partition coefficient (Wildman–Crippen LogP) is 3.42. The van der Waals surface area contributed by atoms with Gasteiger partial charge < -0.3 is 13.9 Å². The van der Waals surface area contributed by atoms with E-state index in [2.05, 4.69) is 0 Å². The summed E-state index contributed by atoms with van der Waals surface area (Å²) < 4.78 is 10.6. The minimum atomic E-state index is -0.711. The maximum atomic E-state index is 10.3. The Morgan fingerprint density at radius 2 is 2.00 bits per heavy atom. The van der Waals surface area contributed by atoms with Crippen LogP contribution < -0.4 is 0 Å². The summed E-state index contributed by atoms with van der Waals surface area (Å²) in [7, 11) is 0. The second-order valence-electron chi connectivity index (χ2n) is 4.03. The quantitative estimate of drug-likeness (QED) is 0.731. The van der Waals surface area contributed by atoms with Crippen LogP contribution in [0.25, 0.3) is 11.0 Å². The molecular weight excluding hydrogens is 216 g/mol. The molecule has 0 saturated heterocycles. The Morgan fingerprint density at radius 3 is 2.76 bits per heavy atom. The molecule has 17 heavy (non-hydrogen) atoms. The van der Waals surface area contributed by atoms with Gasteiger partial charge in [-0.3, -0.25) is 0 Å². The molecule has 1 atom stereocenters. The second kappa shape index (κ2) is 3.79. The minimum Gasteiger partial charge on any atom is -0.472 e. The SMILES string of the molecule is Cc1oc2ccccc2c1C(O)c1ccoc1. The normalized spacial score (nSPS) is 13.1. The number of hydrogen-bond donors (Lipinski definition) is 1. The first-order valence-electron chi connectivity index (χ1n) is 5.45. The maximum absolute atomic E-state index is 10.3. The molecule has 3 nitrogen and oxygen atoms in total. The molecule has 0 saturated carbocycles. The standard InChI is InChI=1S/C14H12O3/c1-9-13(14(15)10-6-7-16-8-10)11-4-2-3-5-12(11)17-9/h2-8,14-15H,1H3. The van der Waals surface area contributed by atoms with Gasteiger partial charge in [0.15, 0.2) is 0 Å². The van der Waals surface area contributed by atoms with Crippen molar-refractivity contribution in [2.45, 2.75) is 13.0 Å². The number of aliphatic hydroxyl groups excluding tert-OH is 1. The maximum Gasteiger partial charge on any atom is 0.134 e. The number of hydrogen-bond acceptors (Lipinski definition) is 3. The number of fused-ring (bicyclic) bond motifs is 1. The lowest BCUT2D eigenvalue weighted by Crippen LogP contribution is -1.98. The third-order valence-electron chi connectivity index (χ3n) is 2.95. The third-order valence-corrected chi connectivity index (χ3v) is 2.95. The molecule has 3 rings (SSSR count). The Balaban J connectivity index is 2.20. The number of rotatable bonds is 2. The highest BCUT2D eigenvalue weighted by Gasteiger charge is 2.20. The molecule has 0 aliphatic rings. The molecule has 0 amide bonds. The summed E-state index contributed by atoms with van der Waals surface area (Å²) >= 11 is 0. The highest BCUT2D eigenvalue weighted by Crippen LogP contribution is 2.33. The summed E-state index contributed by atoms with van der Waals surface area (Å²) in [6.07, 6.45) is 2.39. The van der Waals surface area contributed by atoms with E-state index < -0.39 is 6.10 Å². The summed E-state index contributed by atoms with van der Waals surface area (Å²) in [6.45, 7) is 1.86. The Morgan fingerprint density at radius 1 is 1.18 bits per heavy atom. The second-order valence-corrected chi connectivity index (χ2v) is 4.03. The van der Waals surface area contributed by atoms with Gasteiger partial charge in [-0.05, 0) is 19.1 Å². The lowest BCUT2D eigenvalue weighted by atomic mass is 10.0. The van der Waals surface area contributed by atoms with Crippen LogP contribution in [0.15, 0.2) is 51.7 Å². The molecule has 2 aromatic heterocycles. The molecule has 0 spiro atoms. The van der Waals surface area contributed by atoms with Gasteiger partial charge in [-0.2, -0.15) is 0 Å². The van der Waals surface area contributed by atoms with E-state index in [4.69, 9.17) is 8.83 Å². The van der Waals surface area contributed by atoms with Crippen LogP contribution in [0.3, 0.4) is 0 Å². The zero-order chi connectivity index (χ0) is 11.8. The van der Waals surface area contributed by atoms with E-state index in [1.165, 1.54) is 0 Å². The van der Waals surface area contributed by atoms with Gasteiger partial charge in [-0.25, -0.2) is 0 Å². The molecule has 3 aromatic rings. The van der Waals surface area contributed by atoms with Crippen LogP contribution in [-0.2, 0) is 0 Å². The Hall–Kier alpha value is -2.00. The summed E-state index contributed by atoms with van der Waals surface area (Å²) in [5.74, 6) is 0.736. The van der Waals surface area contributed by atoms with E-state index in [9.17, 15) is 5.11 Å². The van der Waals surface area contributed by atoms with Crippen molar-refractivity contribution in [3.05, 3.63) is 59.7 Å². The summed E-state index contributed by atoms with van der Waals surface area (Å²) in [5, 5.41) is 11.3. The van der Waals surface area contributed by atoms with Crippen LogP contribution in [0, 0.1) is 6.92 Å². The lowest BCUT2D eigenvalue weighted by Gasteiger charge is -2.07. The van der Waals surface area contributed by atoms with Gasteiger partial charge in [0.05, 0.1) is 12.5 Å². The van der Waals surface area contributed by atoms with Gasteiger partial charge in [-0.15, -0.1) is 0 Å². The third kappa shape index (κ3) is 1.56. The number of aliphatic hydroxyl groups is 1. The van der Waals surface area contributed by atoms with Crippen molar-refractivity contribution < 1.29 is 13.9 Å². The summed E-state index contributed by atoms with van der Waals surface area (Å²) in [4.78, 5) is 0. The lowest BCUT2D eigenvalue weighted by molar-refractivity contribution is 0.218. The topological polar surface area (TPSA) is 46.5 Å².